The summed E-state index contributed by atoms with van der Waals surface area (Å²) < 4.78 is 46.3. The third-order valence-corrected chi connectivity index (χ3v) is 4.97. The maximum Gasteiger partial charge on any atom is 0.418 e. The van der Waals surface area contributed by atoms with Crippen LogP contribution in [0.5, 0.6) is 0 Å². The highest BCUT2D eigenvalue weighted by Gasteiger charge is 2.35. The fraction of sp³-hybridized carbons (Fsp3) is 0.238. The van der Waals surface area contributed by atoms with Gasteiger partial charge in [0.25, 0.3) is 5.91 Å². The van der Waals surface area contributed by atoms with Crippen LogP contribution in [-0.4, -0.2) is 37.2 Å². The molecule has 1 aliphatic heterocycles. The average Bonchev–Trinajstić information content (AvgIpc) is 2.74. The summed E-state index contributed by atoms with van der Waals surface area (Å²) in [6, 6.07) is 10.3. The number of aromatic nitrogens is 1. The van der Waals surface area contributed by atoms with E-state index in [2.05, 4.69) is 10.3 Å². The zero-order valence-electron chi connectivity index (χ0n) is 15.8. The number of H-pyrrole nitrogens is 1. The Balaban J connectivity index is 1.67. The van der Waals surface area contributed by atoms with Crippen LogP contribution in [0.15, 0.2) is 53.5 Å². The summed E-state index contributed by atoms with van der Waals surface area (Å²) in [5.74, 6) is -0.911. The fourth-order valence-corrected chi connectivity index (χ4v) is 3.42. The minimum absolute atomic E-state index is 0.265. The van der Waals surface area contributed by atoms with Gasteiger partial charge in [0, 0.05) is 35.9 Å². The maximum absolute atomic E-state index is 13.7. The van der Waals surface area contributed by atoms with Crippen molar-refractivity contribution >= 4 is 28.2 Å². The van der Waals surface area contributed by atoms with Crippen molar-refractivity contribution in [2.75, 3.05) is 36.5 Å². The van der Waals surface area contributed by atoms with Crippen LogP contribution in [0.4, 0.5) is 24.5 Å². The van der Waals surface area contributed by atoms with Gasteiger partial charge in [-0.25, -0.2) is 0 Å². The number of ether oxygens (including phenoxy) is 1. The maximum atomic E-state index is 13.7. The second-order valence-electron chi connectivity index (χ2n) is 6.86. The second kappa shape index (κ2) is 7.83. The molecule has 9 heteroatoms. The molecule has 0 aliphatic carbocycles. The van der Waals surface area contributed by atoms with Gasteiger partial charge in [0.1, 0.15) is 5.56 Å². The topological polar surface area (TPSA) is 74.4 Å². The first kappa shape index (κ1) is 20.0. The van der Waals surface area contributed by atoms with Crippen LogP contribution in [-0.2, 0) is 10.9 Å². The molecule has 1 saturated heterocycles. The number of aromatic amines is 1. The third-order valence-electron chi connectivity index (χ3n) is 4.97. The first-order valence-electron chi connectivity index (χ1n) is 9.30. The number of anilines is 2. The van der Waals surface area contributed by atoms with Gasteiger partial charge in [-0.1, -0.05) is 12.1 Å². The van der Waals surface area contributed by atoms with Crippen molar-refractivity contribution in [1.29, 1.82) is 0 Å². The van der Waals surface area contributed by atoms with Crippen LogP contribution in [0.2, 0.25) is 0 Å². The number of fused-ring (bicyclic) bond motifs is 1. The highest BCUT2D eigenvalue weighted by atomic mass is 19.4. The summed E-state index contributed by atoms with van der Waals surface area (Å²) >= 11 is 0. The zero-order chi connectivity index (χ0) is 21.3. The van der Waals surface area contributed by atoms with Gasteiger partial charge in [-0.3, -0.25) is 9.59 Å². The standard InChI is InChI=1S/C21H18F3N3O3/c22-21(23,24)16-11-13(27-7-9-30-10-8-27)5-6-18(16)26-20(29)15-12-25-17-4-2-1-3-14(17)19(15)28/h1-6,11-12H,7-10H2,(H,25,28)(H,26,29). The van der Waals surface area contributed by atoms with Crippen LogP contribution in [0.1, 0.15) is 15.9 Å². The van der Waals surface area contributed by atoms with Gasteiger partial charge in [-0.15, -0.1) is 0 Å². The molecular formula is C21H18F3N3O3. The highest BCUT2D eigenvalue weighted by Crippen LogP contribution is 2.37. The number of halogens is 3. The molecule has 6 nitrogen and oxygen atoms in total. The van der Waals surface area contributed by atoms with Crippen molar-refractivity contribution in [3.8, 4) is 0 Å². The third kappa shape index (κ3) is 3.88. The number of carbonyl (C=O) groups is 1. The summed E-state index contributed by atoms with van der Waals surface area (Å²) in [4.78, 5) is 29.8. The molecule has 0 unspecified atom stereocenters. The van der Waals surface area contributed by atoms with Crippen LogP contribution in [0.3, 0.4) is 0 Å². The Kier molecular flexibility index (Phi) is 5.21. The van der Waals surface area contributed by atoms with Crippen LogP contribution in [0.25, 0.3) is 10.9 Å². The van der Waals surface area contributed by atoms with E-state index in [0.29, 0.717) is 37.5 Å². The van der Waals surface area contributed by atoms with Gasteiger partial charge in [0.15, 0.2) is 0 Å². The molecule has 1 amide bonds. The van der Waals surface area contributed by atoms with E-state index in [-0.39, 0.29) is 10.9 Å². The minimum Gasteiger partial charge on any atom is -0.378 e. The monoisotopic (exact) mass is 417 g/mol. The van der Waals surface area contributed by atoms with Crippen molar-refractivity contribution in [2.24, 2.45) is 0 Å². The Bertz CT molecular complexity index is 1150. The number of rotatable bonds is 3. The van der Waals surface area contributed by atoms with Gasteiger partial charge in [0.05, 0.1) is 24.5 Å². The molecule has 1 aliphatic rings. The lowest BCUT2D eigenvalue weighted by molar-refractivity contribution is -0.136. The minimum atomic E-state index is -4.68. The van der Waals surface area contributed by atoms with Crippen molar-refractivity contribution < 1.29 is 22.7 Å². The Morgan fingerprint density at radius 3 is 2.57 bits per heavy atom. The number of carbonyl (C=O) groups excluding carboxylic acids is 1. The van der Waals surface area contributed by atoms with Crippen LogP contribution >= 0.6 is 0 Å². The van der Waals surface area contributed by atoms with Crippen molar-refractivity contribution in [2.45, 2.75) is 6.18 Å². The molecule has 1 aromatic heterocycles. The lowest BCUT2D eigenvalue weighted by Gasteiger charge is -2.29. The molecule has 0 radical (unpaired) electrons. The number of amides is 1. The predicted octanol–water partition coefficient (Wildman–Crippen LogP) is 3.64. The molecule has 2 heterocycles. The molecule has 0 saturated carbocycles. The Hall–Kier alpha value is -3.33. The highest BCUT2D eigenvalue weighted by molar-refractivity contribution is 6.06. The molecule has 2 aromatic carbocycles. The van der Waals surface area contributed by atoms with Crippen LogP contribution in [0, 0.1) is 0 Å². The van der Waals surface area contributed by atoms with Gasteiger partial charge >= 0.3 is 6.18 Å². The van der Waals surface area contributed by atoms with E-state index in [1.54, 1.807) is 29.2 Å². The molecule has 2 N–H and O–H groups in total. The van der Waals surface area contributed by atoms with Crippen LogP contribution < -0.4 is 15.6 Å². The van der Waals surface area contributed by atoms with Crippen molar-refractivity contribution in [3.05, 3.63) is 70.0 Å². The summed E-state index contributed by atoms with van der Waals surface area (Å²) in [5.41, 5.74) is -1.27. The Labute approximate surface area is 169 Å². The lowest BCUT2D eigenvalue weighted by atomic mass is 10.1. The number of pyridine rings is 1. The van der Waals surface area contributed by atoms with E-state index >= 15 is 0 Å². The summed E-state index contributed by atoms with van der Waals surface area (Å²) in [6.45, 7) is 1.83. The number of nitrogens with one attached hydrogen (secondary N) is 2. The molecule has 1 fully saturated rings. The summed E-state index contributed by atoms with van der Waals surface area (Å²) in [7, 11) is 0. The molecule has 4 rings (SSSR count). The lowest BCUT2D eigenvalue weighted by Crippen LogP contribution is -2.36. The van der Waals surface area contributed by atoms with E-state index in [0.717, 1.165) is 6.07 Å². The molecule has 0 spiro atoms. The molecule has 0 bridgehead atoms. The SMILES string of the molecule is O=C(Nc1ccc(N2CCOCC2)cc1C(F)(F)F)c1c[nH]c2ccccc2c1=O. The number of nitrogens with zero attached hydrogens (tertiary/aromatic N) is 1. The van der Waals surface area contributed by atoms with Crippen molar-refractivity contribution in [1.82, 2.24) is 4.98 Å². The normalized spacial score (nSPS) is 14.7. The number of para-hydroxylation sites is 1. The number of hydrogen-bond donors (Lipinski definition) is 2. The van der Waals surface area contributed by atoms with E-state index in [4.69, 9.17) is 4.74 Å². The van der Waals surface area contributed by atoms with E-state index in [9.17, 15) is 22.8 Å². The Morgan fingerprint density at radius 2 is 1.83 bits per heavy atom. The van der Waals surface area contributed by atoms with Crippen molar-refractivity contribution in [3.63, 3.8) is 0 Å². The number of alkyl halides is 3. The molecule has 0 atom stereocenters. The molecule has 156 valence electrons. The summed E-state index contributed by atoms with van der Waals surface area (Å²) in [6.07, 6.45) is -3.48. The largest absolute Gasteiger partial charge is 0.418 e. The van der Waals surface area contributed by atoms with Gasteiger partial charge < -0.3 is 19.9 Å². The summed E-state index contributed by atoms with van der Waals surface area (Å²) in [5, 5.41) is 2.53. The van der Waals surface area contributed by atoms with Gasteiger partial charge in [-0.2, -0.15) is 13.2 Å². The number of hydrogen-bond acceptors (Lipinski definition) is 4. The smallest absolute Gasteiger partial charge is 0.378 e. The zero-order valence-corrected chi connectivity index (χ0v) is 15.8. The second-order valence-corrected chi connectivity index (χ2v) is 6.86. The first-order valence-corrected chi connectivity index (χ1v) is 9.30. The van der Waals surface area contributed by atoms with E-state index < -0.39 is 28.8 Å². The molecule has 3 aromatic rings. The molecular weight excluding hydrogens is 399 g/mol. The average molecular weight is 417 g/mol. The van der Waals surface area contributed by atoms with Gasteiger partial charge in [0.2, 0.25) is 5.43 Å². The Morgan fingerprint density at radius 1 is 1.10 bits per heavy atom. The number of benzene rings is 2. The number of morpholine rings is 1. The van der Waals surface area contributed by atoms with Gasteiger partial charge in [-0.05, 0) is 30.3 Å². The van der Waals surface area contributed by atoms with E-state index in [1.807, 2.05) is 0 Å². The quantitative estimate of drug-likeness (QED) is 0.683. The first-order chi connectivity index (χ1) is 14.3. The molecule has 30 heavy (non-hydrogen) atoms. The fourth-order valence-electron chi connectivity index (χ4n) is 3.42. The predicted molar refractivity (Wildman–Crippen MR) is 107 cm³/mol. The van der Waals surface area contributed by atoms with E-state index in [1.165, 1.54) is 18.3 Å².